The lowest BCUT2D eigenvalue weighted by atomic mass is 9.48. The second-order valence-corrected chi connectivity index (χ2v) is 21.5. The quantitative estimate of drug-likeness (QED) is 0.0785. The van der Waals surface area contributed by atoms with Gasteiger partial charge in [0.15, 0.2) is 0 Å². The molecule has 14 atom stereocenters. The van der Waals surface area contributed by atoms with Gasteiger partial charge < -0.3 is 4.74 Å². The zero-order chi connectivity index (χ0) is 40.0. The minimum absolute atomic E-state index is 0.436. The Morgan fingerprint density at radius 2 is 1.46 bits per heavy atom. The Bertz CT molecular complexity index is 1200. The molecule has 0 aromatic rings. The van der Waals surface area contributed by atoms with E-state index in [1.807, 2.05) is 0 Å². The Morgan fingerprint density at radius 3 is 2.18 bits per heavy atom. The Labute approximate surface area is 355 Å². The first-order valence-corrected chi connectivity index (χ1v) is 26.2. The molecule has 0 bridgehead atoms. The van der Waals surface area contributed by atoms with Gasteiger partial charge in [0.25, 0.3) is 0 Å². The molecule has 0 amide bonds. The Hall–Kier alpha value is -1.08. The highest BCUT2D eigenvalue weighted by molar-refractivity contribution is 5.09. The van der Waals surface area contributed by atoms with Gasteiger partial charge in [-0.1, -0.05) is 116 Å². The molecule has 14 unspecified atom stereocenters. The Morgan fingerprint density at radius 1 is 0.702 bits per heavy atom. The zero-order valence-electron chi connectivity index (χ0n) is 38.3. The largest absolute Gasteiger partial charge is 0.375 e. The molecule has 57 heavy (non-hydrogen) atoms. The summed E-state index contributed by atoms with van der Waals surface area (Å²) in [4.78, 5) is 0. The molecule has 0 aromatic carbocycles. The zero-order valence-corrected chi connectivity index (χ0v) is 38.3. The standard InChI is InChI=1S/C56H94O/c1-7-11-12-13-17-29-49-50-30-19-22-33-53(50)56(54-34-23-20-31-51(49)54)45-36-39-47(40-37-45)57-46(10-4)38-35-41(5)55(44(24-8-2)25-9-3)52-32-21-18-28-48(52)42(6)43-26-15-14-16-27-43/h7-8,14-15,19,30,41-56H,1-2,9-13,16-18,20-29,31-40H2,3-6H3. The summed E-state index contributed by atoms with van der Waals surface area (Å²) in [6.45, 7) is 18.5. The number of unbranched alkanes of at least 4 members (excludes halogenated alkanes) is 3. The molecule has 324 valence electrons. The van der Waals surface area contributed by atoms with E-state index < -0.39 is 0 Å². The van der Waals surface area contributed by atoms with E-state index in [4.69, 9.17) is 4.74 Å². The van der Waals surface area contributed by atoms with E-state index in [1.165, 1.54) is 180 Å². The van der Waals surface area contributed by atoms with Crippen molar-refractivity contribution in [3.63, 3.8) is 0 Å². The van der Waals surface area contributed by atoms with Gasteiger partial charge in [-0.3, -0.25) is 0 Å². The van der Waals surface area contributed by atoms with Crippen LogP contribution in [-0.4, -0.2) is 12.2 Å². The summed E-state index contributed by atoms with van der Waals surface area (Å²) in [7, 11) is 0. The van der Waals surface area contributed by atoms with Crippen LogP contribution < -0.4 is 0 Å². The predicted molar refractivity (Wildman–Crippen MR) is 248 cm³/mol. The van der Waals surface area contributed by atoms with Crippen molar-refractivity contribution in [1.82, 2.24) is 0 Å². The molecule has 0 heterocycles. The highest BCUT2D eigenvalue weighted by Gasteiger charge is 2.52. The second kappa shape index (κ2) is 23.8. The molecule has 6 rings (SSSR count). The van der Waals surface area contributed by atoms with Crippen molar-refractivity contribution in [2.45, 2.75) is 220 Å². The number of fused-ring (bicyclic) bond motifs is 2. The summed E-state index contributed by atoms with van der Waals surface area (Å²) in [6.07, 6.45) is 54.5. The van der Waals surface area contributed by atoms with Crippen molar-refractivity contribution in [1.29, 1.82) is 0 Å². The van der Waals surface area contributed by atoms with Gasteiger partial charge in [-0.25, -0.2) is 0 Å². The number of allylic oxidation sites excluding steroid dienone is 6. The maximum Gasteiger partial charge on any atom is 0.0579 e. The van der Waals surface area contributed by atoms with Gasteiger partial charge in [0, 0.05) is 0 Å². The van der Waals surface area contributed by atoms with E-state index in [2.05, 4.69) is 77.3 Å². The molecule has 0 N–H and O–H groups in total. The summed E-state index contributed by atoms with van der Waals surface area (Å²) >= 11 is 0. The van der Waals surface area contributed by atoms with Crippen molar-refractivity contribution >= 4 is 0 Å². The number of hydrogen-bond acceptors (Lipinski definition) is 1. The summed E-state index contributed by atoms with van der Waals surface area (Å²) < 4.78 is 7.21. The van der Waals surface area contributed by atoms with Gasteiger partial charge in [0.1, 0.15) is 0 Å². The van der Waals surface area contributed by atoms with Crippen molar-refractivity contribution < 1.29 is 4.74 Å². The molecule has 6 aliphatic carbocycles. The molecule has 4 saturated carbocycles. The van der Waals surface area contributed by atoms with Crippen LogP contribution in [0.2, 0.25) is 0 Å². The lowest BCUT2D eigenvalue weighted by molar-refractivity contribution is -0.0885. The topological polar surface area (TPSA) is 9.23 Å². The van der Waals surface area contributed by atoms with Crippen LogP contribution in [0.4, 0.5) is 0 Å². The number of hydrogen-bond donors (Lipinski definition) is 0. The van der Waals surface area contributed by atoms with E-state index in [0.717, 1.165) is 82.9 Å². The first kappa shape index (κ1) is 45.4. The SMILES string of the molecule is C=CCCCCCC1C2C=CCCC2C(C2CCC(OC(CC)CCC(C)C(C(CC=C)CCC)C3CCCCC3C(C)C3CC=CCC3)CC2)C2CCCCC12. The maximum atomic E-state index is 7.21. The van der Waals surface area contributed by atoms with Gasteiger partial charge in [-0.15, -0.1) is 13.2 Å². The first-order chi connectivity index (χ1) is 28.0. The van der Waals surface area contributed by atoms with Crippen LogP contribution in [0.25, 0.3) is 0 Å². The number of ether oxygens (including phenoxy) is 1. The molecule has 0 radical (unpaired) electrons. The molecule has 0 spiro atoms. The van der Waals surface area contributed by atoms with E-state index in [9.17, 15) is 0 Å². The van der Waals surface area contributed by atoms with Crippen molar-refractivity contribution in [3.05, 3.63) is 49.6 Å². The van der Waals surface area contributed by atoms with Crippen LogP contribution in [0.1, 0.15) is 207 Å². The average Bonchev–Trinajstić information content (AvgIpc) is 3.25. The highest BCUT2D eigenvalue weighted by Crippen LogP contribution is 2.59. The monoisotopic (exact) mass is 783 g/mol. The summed E-state index contributed by atoms with van der Waals surface area (Å²) in [5, 5.41) is 0. The van der Waals surface area contributed by atoms with Crippen molar-refractivity contribution in [2.24, 2.45) is 82.9 Å². The van der Waals surface area contributed by atoms with E-state index in [1.54, 1.807) is 0 Å². The molecule has 6 aliphatic rings. The van der Waals surface area contributed by atoms with Crippen LogP contribution in [0.5, 0.6) is 0 Å². The predicted octanol–water partition coefficient (Wildman–Crippen LogP) is 16.9. The fraction of sp³-hybridized carbons (Fsp3) is 0.857. The molecular weight excluding hydrogens is 689 g/mol. The van der Waals surface area contributed by atoms with Crippen LogP contribution in [0, 0.1) is 82.9 Å². The molecule has 1 heteroatoms. The van der Waals surface area contributed by atoms with Gasteiger partial charge in [0.05, 0.1) is 12.2 Å². The Kier molecular flexibility index (Phi) is 19.0. The van der Waals surface area contributed by atoms with Crippen molar-refractivity contribution in [3.8, 4) is 0 Å². The molecular formula is C56H94O. The fourth-order valence-electron chi connectivity index (χ4n) is 15.7. The maximum absolute atomic E-state index is 7.21. The average molecular weight is 783 g/mol. The summed E-state index contributed by atoms with van der Waals surface area (Å²) in [5.41, 5.74) is 0. The fourth-order valence-corrected chi connectivity index (χ4v) is 15.7. The lowest BCUT2D eigenvalue weighted by Crippen LogP contribution is -2.50. The van der Waals surface area contributed by atoms with Crippen LogP contribution in [0.15, 0.2) is 49.6 Å². The van der Waals surface area contributed by atoms with Crippen LogP contribution in [-0.2, 0) is 4.74 Å². The lowest BCUT2D eigenvalue weighted by Gasteiger charge is -2.57. The van der Waals surface area contributed by atoms with Gasteiger partial charge >= 0.3 is 0 Å². The molecule has 0 aromatic heterocycles. The van der Waals surface area contributed by atoms with E-state index >= 15 is 0 Å². The van der Waals surface area contributed by atoms with E-state index in [-0.39, 0.29) is 0 Å². The van der Waals surface area contributed by atoms with Crippen LogP contribution >= 0.6 is 0 Å². The first-order valence-electron chi connectivity index (χ1n) is 26.2. The van der Waals surface area contributed by atoms with Gasteiger partial charge in [-0.05, 0) is 211 Å². The van der Waals surface area contributed by atoms with E-state index in [0.29, 0.717) is 12.2 Å². The summed E-state index contributed by atoms with van der Waals surface area (Å²) in [5.74, 6) is 12.7. The summed E-state index contributed by atoms with van der Waals surface area (Å²) in [6, 6.07) is 0. The minimum atomic E-state index is 0.436. The number of rotatable bonds is 22. The van der Waals surface area contributed by atoms with Crippen LogP contribution in [0.3, 0.4) is 0 Å². The Balaban J connectivity index is 1.06. The normalized spacial score (nSPS) is 36.9. The molecule has 0 saturated heterocycles. The van der Waals surface area contributed by atoms with Crippen molar-refractivity contribution in [2.75, 3.05) is 0 Å². The highest BCUT2D eigenvalue weighted by atomic mass is 16.5. The second-order valence-electron chi connectivity index (χ2n) is 21.5. The van der Waals surface area contributed by atoms with Gasteiger partial charge in [0.2, 0.25) is 0 Å². The molecule has 4 fully saturated rings. The molecule has 0 aliphatic heterocycles. The minimum Gasteiger partial charge on any atom is -0.375 e. The smallest absolute Gasteiger partial charge is 0.0579 e. The third-order valence-electron chi connectivity index (χ3n) is 18.3. The third kappa shape index (κ3) is 11.9. The third-order valence-corrected chi connectivity index (χ3v) is 18.3. The van der Waals surface area contributed by atoms with Gasteiger partial charge in [-0.2, -0.15) is 0 Å². The molecule has 1 nitrogen and oxygen atoms in total.